The van der Waals surface area contributed by atoms with Gasteiger partial charge in [0.05, 0.1) is 10.0 Å². The Kier molecular flexibility index (Phi) is 4.51. The van der Waals surface area contributed by atoms with Crippen molar-refractivity contribution in [3.05, 3.63) is 33.8 Å². The minimum Gasteiger partial charge on any atom is -0.310 e. The van der Waals surface area contributed by atoms with E-state index in [0.29, 0.717) is 16.1 Å². The normalized spacial score (nSPS) is 17.6. The van der Waals surface area contributed by atoms with Gasteiger partial charge in [-0.25, -0.2) is 0 Å². The van der Waals surface area contributed by atoms with Gasteiger partial charge in [0.1, 0.15) is 0 Å². The molecule has 1 fully saturated rings. The smallest absolute Gasteiger partial charge is 0.0595 e. The predicted molar refractivity (Wildman–Crippen MR) is 70.2 cm³/mol. The van der Waals surface area contributed by atoms with Crippen molar-refractivity contribution < 1.29 is 0 Å². The van der Waals surface area contributed by atoms with Gasteiger partial charge in [0.2, 0.25) is 0 Å². The van der Waals surface area contributed by atoms with Crippen molar-refractivity contribution in [3.63, 3.8) is 0 Å². The molecule has 0 unspecified atom stereocenters. The molecule has 0 saturated heterocycles. The van der Waals surface area contributed by atoms with Gasteiger partial charge >= 0.3 is 0 Å². The molecule has 1 aromatic rings. The van der Waals surface area contributed by atoms with E-state index in [1.54, 1.807) is 0 Å². The molecule has 3 heteroatoms. The highest BCUT2D eigenvalue weighted by atomic mass is 35.5. The van der Waals surface area contributed by atoms with Crippen LogP contribution < -0.4 is 5.32 Å². The zero-order valence-corrected chi connectivity index (χ0v) is 10.8. The molecule has 0 aromatic heterocycles. The number of benzene rings is 1. The fourth-order valence-corrected chi connectivity index (χ4v) is 2.54. The summed E-state index contributed by atoms with van der Waals surface area (Å²) in [6, 6.07) is 6.52. The van der Waals surface area contributed by atoms with Gasteiger partial charge in [-0.2, -0.15) is 0 Å². The van der Waals surface area contributed by atoms with Crippen LogP contribution in [-0.4, -0.2) is 6.04 Å². The summed E-state index contributed by atoms with van der Waals surface area (Å²) in [7, 11) is 0. The average molecular weight is 258 g/mol. The van der Waals surface area contributed by atoms with Crippen LogP contribution >= 0.6 is 23.2 Å². The zero-order chi connectivity index (χ0) is 11.4. The van der Waals surface area contributed by atoms with Crippen molar-refractivity contribution in [2.45, 2.75) is 44.7 Å². The second kappa shape index (κ2) is 5.90. The monoisotopic (exact) mass is 257 g/mol. The lowest BCUT2D eigenvalue weighted by atomic mass is 9.95. The Balaban J connectivity index is 1.86. The fraction of sp³-hybridized carbons (Fsp3) is 0.538. The molecule has 0 heterocycles. The standard InChI is InChI=1S/C13H17Cl2N/c14-12-7-6-10(8-13(12)15)9-16-11-4-2-1-3-5-11/h6-8,11,16H,1-5,9H2. The van der Waals surface area contributed by atoms with Crippen LogP contribution in [-0.2, 0) is 6.54 Å². The van der Waals surface area contributed by atoms with E-state index in [4.69, 9.17) is 23.2 Å². The average Bonchev–Trinajstić information content (AvgIpc) is 2.32. The lowest BCUT2D eigenvalue weighted by Gasteiger charge is -2.22. The largest absolute Gasteiger partial charge is 0.310 e. The van der Waals surface area contributed by atoms with Gasteiger partial charge in [0, 0.05) is 12.6 Å². The highest BCUT2D eigenvalue weighted by molar-refractivity contribution is 6.42. The number of hydrogen-bond donors (Lipinski definition) is 1. The highest BCUT2D eigenvalue weighted by Gasteiger charge is 2.12. The summed E-state index contributed by atoms with van der Waals surface area (Å²) in [6.07, 6.45) is 6.73. The Labute approximate surface area is 107 Å². The van der Waals surface area contributed by atoms with Crippen molar-refractivity contribution >= 4 is 23.2 Å². The molecule has 1 aromatic carbocycles. The van der Waals surface area contributed by atoms with Crippen LogP contribution in [0.3, 0.4) is 0 Å². The molecule has 0 atom stereocenters. The molecule has 0 aliphatic heterocycles. The maximum absolute atomic E-state index is 5.98. The van der Waals surface area contributed by atoms with Gasteiger partial charge < -0.3 is 5.32 Å². The van der Waals surface area contributed by atoms with Crippen LogP contribution in [0.5, 0.6) is 0 Å². The highest BCUT2D eigenvalue weighted by Crippen LogP contribution is 2.23. The van der Waals surface area contributed by atoms with Gasteiger partial charge in [0.15, 0.2) is 0 Å². The summed E-state index contributed by atoms with van der Waals surface area (Å²) in [5.41, 5.74) is 1.21. The topological polar surface area (TPSA) is 12.0 Å². The second-order valence-electron chi connectivity index (χ2n) is 4.46. The Morgan fingerprint density at radius 3 is 2.50 bits per heavy atom. The lowest BCUT2D eigenvalue weighted by molar-refractivity contribution is 0.372. The van der Waals surface area contributed by atoms with Gasteiger partial charge in [-0.1, -0.05) is 48.5 Å². The first-order valence-electron chi connectivity index (χ1n) is 5.93. The van der Waals surface area contributed by atoms with E-state index in [2.05, 4.69) is 5.32 Å². The maximum Gasteiger partial charge on any atom is 0.0595 e. The van der Waals surface area contributed by atoms with Crippen LogP contribution in [0.1, 0.15) is 37.7 Å². The van der Waals surface area contributed by atoms with E-state index in [0.717, 1.165) is 6.54 Å². The molecular weight excluding hydrogens is 241 g/mol. The fourth-order valence-electron chi connectivity index (χ4n) is 2.22. The third-order valence-electron chi connectivity index (χ3n) is 3.18. The van der Waals surface area contributed by atoms with Gasteiger partial charge in [-0.05, 0) is 30.5 Å². The van der Waals surface area contributed by atoms with E-state index in [1.807, 2.05) is 18.2 Å². The number of hydrogen-bond acceptors (Lipinski definition) is 1. The summed E-state index contributed by atoms with van der Waals surface area (Å²) >= 11 is 11.9. The van der Waals surface area contributed by atoms with Crippen LogP contribution in [0.4, 0.5) is 0 Å². The molecule has 0 amide bonds. The van der Waals surface area contributed by atoms with Gasteiger partial charge in [0.25, 0.3) is 0 Å². The van der Waals surface area contributed by atoms with Crippen molar-refractivity contribution in [1.82, 2.24) is 5.32 Å². The number of nitrogens with one attached hydrogen (secondary N) is 1. The summed E-state index contributed by atoms with van der Waals surface area (Å²) in [6.45, 7) is 0.890. The van der Waals surface area contributed by atoms with Crippen molar-refractivity contribution in [2.24, 2.45) is 0 Å². The first-order chi connectivity index (χ1) is 7.75. The SMILES string of the molecule is Clc1ccc(CNC2CCCCC2)cc1Cl. The first kappa shape index (κ1) is 12.2. The van der Waals surface area contributed by atoms with Crippen LogP contribution in [0.15, 0.2) is 18.2 Å². The molecular formula is C13H17Cl2N. The minimum atomic E-state index is 0.628. The summed E-state index contributed by atoms with van der Waals surface area (Å²) in [5, 5.41) is 4.85. The van der Waals surface area contributed by atoms with Gasteiger partial charge in [-0.15, -0.1) is 0 Å². The van der Waals surface area contributed by atoms with Crippen LogP contribution in [0.25, 0.3) is 0 Å². The summed E-state index contributed by atoms with van der Waals surface area (Å²) in [5.74, 6) is 0. The predicted octanol–water partition coefficient (Wildman–Crippen LogP) is 4.42. The third-order valence-corrected chi connectivity index (χ3v) is 3.92. The van der Waals surface area contributed by atoms with Crippen LogP contribution in [0.2, 0.25) is 10.0 Å². The Morgan fingerprint density at radius 2 is 1.81 bits per heavy atom. The molecule has 88 valence electrons. The molecule has 0 spiro atoms. The summed E-state index contributed by atoms with van der Waals surface area (Å²) in [4.78, 5) is 0. The van der Waals surface area contributed by atoms with E-state index < -0.39 is 0 Å². The quantitative estimate of drug-likeness (QED) is 0.846. The lowest BCUT2D eigenvalue weighted by Crippen LogP contribution is -2.30. The van der Waals surface area contributed by atoms with Crippen molar-refractivity contribution in [2.75, 3.05) is 0 Å². The molecule has 16 heavy (non-hydrogen) atoms. The molecule has 0 bridgehead atoms. The first-order valence-corrected chi connectivity index (χ1v) is 6.68. The Bertz CT molecular complexity index is 346. The molecule has 1 aliphatic carbocycles. The van der Waals surface area contributed by atoms with E-state index in [-0.39, 0.29) is 0 Å². The van der Waals surface area contributed by atoms with E-state index in [9.17, 15) is 0 Å². The van der Waals surface area contributed by atoms with Crippen molar-refractivity contribution in [1.29, 1.82) is 0 Å². The van der Waals surface area contributed by atoms with E-state index >= 15 is 0 Å². The summed E-state index contributed by atoms with van der Waals surface area (Å²) < 4.78 is 0. The Hall–Kier alpha value is -0.240. The molecule has 1 nitrogen and oxygen atoms in total. The molecule has 2 rings (SSSR count). The van der Waals surface area contributed by atoms with Crippen LogP contribution in [0, 0.1) is 0 Å². The van der Waals surface area contributed by atoms with E-state index in [1.165, 1.54) is 37.7 Å². The second-order valence-corrected chi connectivity index (χ2v) is 5.28. The van der Waals surface area contributed by atoms with Crippen molar-refractivity contribution in [3.8, 4) is 0 Å². The third kappa shape index (κ3) is 3.38. The number of rotatable bonds is 3. The van der Waals surface area contributed by atoms with Gasteiger partial charge in [-0.3, -0.25) is 0 Å². The molecule has 1 aliphatic rings. The molecule has 1 N–H and O–H groups in total. The molecule has 0 radical (unpaired) electrons. The molecule has 1 saturated carbocycles. The zero-order valence-electron chi connectivity index (χ0n) is 9.31. The minimum absolute atomic E-state index is 0.628. The maximum atomic E-state index is 5.98. The number of halogens is 2. The Morgan fingerprint density at radius 1 is 1.06 bits per heavy atom.